The van der Waals surface area contributed by atoms with E-state index in [-0.39, 0.29) is 0 Å². The van der Waals surface area contributed by atoms with Crippen LogP contribution in [0.2, 0.25) is 0 Å². The first-order valence-corrected chi connectivity index (χ1v) is 13.8. The Labute approximate surface area is 210 Å². The van der Waals surface area contributed by atoms with E-state index >= 15 is 0 Å². The normalized spacial score (nSPS) is 26.6. The monoisotopic (exact) mass is 475 g/mol. The number of nitrogens with zero attached hydrogens (tertiary/aromatic N) is 2. The van der Waals surface area contributed by atoms with Crippen LogP contribution in [-0.4, -0.2) is 61.8 Å². The van der Waals surface area contributed by atoms with Gasteiger partial charge in [0.25, 0.3) is 0 Å². The average molecular weight is 476 g/mol. The van der Waals surface area contributed by atoms with Crippen LogP contribution < -0.4 is 14.8 Å². The van der Waals surface area contributed by atoms with E-state index in [1.165, 1.54) is 55.5 Å². The number of hydrogen-bond acceptors (Lipinski definition) is 5. The van der Waals surface area contributed by atoms with Gasteiger partial charge in [0.2, 0.25) is 0 Å². The Morgan fingerprint density at radius 3 is 2.60 bits per heavy atom. The van der Waals surface area contributed by atoms with E-state index in [1.807, 2.05) is 6.07 Å². The number of nitrogens with one attached hydrogen (secondary N) is 1. The molecule has 0 radical (unpaired) electrons. The standard InChI is InChI=1S/C30H41N3O2/c1-22(2)24-7-3-4-8-25(24)26-21-32(20-23-6-5-9-27-29(23)35-19-18-34-27)16-17-33(26)28-10-11-30(28)12-14-31-15-13-30/h3-9,22,26,28,31H,10-21H2,1-2H3. The van der Waals surface area contributed by atoms with Gasteiger partial charge in [-0.15, -0.1) is 0 Å². The van der Waals surface area contributed by atoms with Crippen LogP contribution in [-0.2, 0) is 6.54 Å². The summed E-state index contributed by atoms with van der Waals surface area (Å²) >= 11 is 0. The average Bonchev–Trinajstić information content (AvgIpc) is 2.89. The van der Waals surface area contributed by atoms with Gasteiger partial charge >= 0.3 is 0 Å². The summed E-state index contributed by atoms with van der Waals surface area (Å²) in [5.41, 5.74) is 4.84. The Morgan fingerprint density at radius 1 is 0.971 bits per heavy atom. The summed E-state index contributed by atoms with van der Waals surface area (Å²) in [5, 5.41) is 3.61. The first kappa shape index (κ1) is 23.3. The second-order valence-electron chi connectivity index (χ2n) is 11.4. The molecular weight excluding hydrogens is 434 g/mol. The largest absolute Gasteiger partial charge is 0.486 e. The number of piperidine rings is 1. The van der Waals surface area contributed by atoms with Crippen molar-refractivity contribution in [2.24, 2.45) is 5.41 Å². The number of rotatable bonds is 5. The third-order valence-electron chi connectivity index (χ3n) is 9.15. The predicted octanol–water partition coefficient (Wildman–Crippen LogP) is 4.97. The van der Waals surface area contributed by atoms with Crippen molar-refractivity contribution in [2.75, 3.05) is 45.9 Å². The number of ether oxygens (including phenoxy) is 2. The number of para-hydroxylation sites is 1. The fourth-order valence-corrected chi connectivity index (χ4v) is 7.19. The molecule has 0 aromatic heterocycles. The third-order valence-corrected chi connectivity index (χ3v) is 9.15. The van der Waals surface area contributed by atoms with E-state index in [1.54, 1.807) is 0 Å². The van der Waals surface area contributed by atoms with Crippen molar-refractivity contribution in [2.45, 2.75) is 64.1 Å². The topological polar surface area (TPSA) is 37.0 Å². The van der Waals surface area contributed by atoms with Gasteiger partial charge in [-0.1, -0.05) is 50.2 Å². The molecule has 2 aromatic carbocycles. The number of piperazine rings is 1. The summed E-state index contributed by atoms with van der Waals surface area (Å²) in [6, 6.07) is 16.8. The van der Waals surface area contributed by atoms with Crippen LogP contribution in [0.5, 0.6) is 11.5 Å². The van der Waals surface area contributed by atoms with E-state index in [4.69, 9.17) is 9.47 Å². The molecule has 3 fully saturated rings. The van der Waals surface area contributed by atoms with Crippen molar-refractivity contribution >= 4 is 0 Å². The molecule has 35 heavy (non-hydrogen) atoms. The Balaban J connectivity index is 1.29. The molecule has 5 heteroatoms. The summed E-state index contributed by atoms with van der Waals surface area (Å²) in [6.45, 7) is 12.6. The molecule has 0 bridgehead atoms. The predicted molar refractivity (Wildman–Crippen MR) is 140 cm³/mol. The molecule has 0 amide bonds. The highest BCUT2D eigenvalue weighted by Crippen LogP contribution is 2.53. The Morgan fingerprint density at radius 2 is 1.80 bits per heavy atom. The minimum atomic E-state index is 0.441. The van der Waals surface area contributed by atoms with Gasteiger partial charge in [0, 0.05) is 43.8 Å². The lowest BCUT2D eigenvalue weighted by atomic mass is 9.58. The molecule has 1 spiro atoms. The minimum absolute atomic E-state index is 0.441. The molecule has 2 unspecified atom stereocenters. The molecule has 4 aliphatic rings. The summed E-state index contributed by atoms with van der Waals surface area (Å²) < 4.78 is 11.9. The van der Waals surface area contributed by atoms with Gasteiger partial charge in [-0.2, -0.15) is 0 Å². The summed E-state index contributed by atoms with van der Waals surface area (Å²) in [6.07, 6.45) is 5.44. The van der Waals surface area contributed by atoms with Crippen LogP contribution in [0.1, 0.15) is 68.2 Å². The van der Waals surface area contributed by atoms with Crippen LogP contribution in [0.25, 0.3) is 0 Å². The van der Waals surface area contributed by atoms with Crippen molar-refractivity contribution in [3.05, 3.63) is 59.2 Å². The molecule has 3 heterocycles. The fourth-order valence-electron chi connectivity index (χ4n) is 7.19. The van der Waals surface area contributed by atoms with E-state index < -0.39 is 0 Å². The Hall–Kier alpha value is -2.08. The van der Waals surface area contributed by atoms with Gasteiger partial charge in [0.1, 0.15) is 13.2 Å². The maximum absolute atomic E-state index is 6.05. The van der Waals surface area contributed by atoms with Crippen LogP contribution >= 0.6 is 0 Å². The van der Waals surface area contributed by atoms with Gasteiger partial charge in [-0.05, 0) is 67.3 Å². The van der Waals surface area contributed by atoms with Crippen LogP contribution in [0.15, 0.2) is 42.5 Å². The first-order chi connectivity index (χ1) is 17.1. The van der Waals surface area contributed by atoms with Crippen molar-refractivity contribution < 1.29 is 9.47 Å². The van der Waals surface area contributed by atoms with E-state index in [9.17, 15) is 0 Å². The van der Waals surface area contributed by atoms with Gasteiger partial charge in [-0.3, -0.25) is 9.80 Å². The van der Waals surface area contributed by atoms with Gasteiger partial charge in [0.05, 0.1) is 0 Å². The van der Waals surface area contributed by atoms with Crippen LogP contribution in [0.4, 0.5) is 0 Å². The zero-order chi connectivity index (χ0) is 23.8. The zero-order valence-corrected chi connectivity index (χ0v) is 21.5. The maximum atomic E-state index is 6.05. The molecule has 1 saturated carbocycles. The summed E-state index contributed by atoms with van der Waals surface area (Å²) in [7, 11) is 0. The van der Waals surface area contributed by atoms with Crippen molar-refractivity contribution in [3.8, 4) is 11.5 Å². The smallest absolute Gasteiger partial charge is 0.165 e. The van der Waals surface area contributed by atoms with Gasteiger partial charge in [-0.25, -0.2) is 0 Å². The number of benzene rings is 2. The van der Waals surface area contributed by atoms with E-state index in [0.29, 0.717) is 30.6 Å². The summed E-state index contributed by atoms with van der Waals surface area (Å²) in [5.74, 6) is 2.38. The lowest BCUT2D eigenvalue weighted by Gasteiger charge is -2.60. The highest BCUT2D eigenvalue weighted by Gasteiger charge is 2.51. The van der Waals surface area contributed by atoms with Gasteiger partial charge < -0.3 is 14.8 Å². The highest BCUT2D eigenvalue weighted by atomic mass is 16.6. The molecule has 1 N–H and O–H groups in total. The van der Waals surface area contributed by atoms with Crippen molar-refractivity contribution in [1.82, 2.24) is 15.1 Å². The molecular formula is C30H41N3O2. The van der Waals surface area contributed by atoms with Crippen molar-refractivity contribution in [1.29, 1.82) is 0 Å². The molecule has 188 valence electrons. The van der Waals surface area contributed by atoms with Crippen LogP contribution in [0, 0.1) is 5.41 Å². The second kappa shape index (κ2) is 9.76. The zero-order valence-electron chi connectivity index (χ0n) is 21.5. The van der Waals surface area contributed by atoms with E-state index in [2.05, 4.69) is 65.4 Å². The molecule has 5 nitrogen and oxygen atoms in total. The van der Waals surface area contributed by atoms with E-state index in [0.717, 1.165) is 43.7 Å². The quantitative estimate of drug-likeness (QED) is 0.661. The molecule has 6 rings (SSSR count). The number of fused-ring (bicyclic) bond motifs is 1. The third kappa shape index (κ3) is 4.36. The van der Waals surface area contributed by atoms with Gasteiger partial charge in [0.15, 0.2) is 11.5 Å². The lowest BCUT2D eigenvalue weighted by Crippen LogP contribution is -2.63. The SMILES string of the molecule is CC(C)c1ccccc1C1CN(Cc2cccc3c2OCCO3)CCN1C1CCC12CCNCC2. The minimum Gasteiger partial charge on any atom is -0.486 e. The molecule has 2 saturated heterocycles. The first-order valence-electron chi connectivity index (χ1n) is 13.8. The van der Waals surface area contributed by atoms with Crippen LogP contribution in [0.3, 0.4) is 0 Å². The molecule has 1 aliphatic carbocycles. The fraction of sp³-hybridized carbons (Fsp3) is 0.600. The lowest BCUT2D eigenvalue weighted by molar-refractivity contribution is -0.0906. The molecule has 3 aliphatic heterocycles. The Kier molecular flexibility index (Phi) is 6.50. The number of hydrogen-bond donors (Lipinski definition) is 1. The molecule has 2 atom stereocenters. The maximum Gasteiger partial charge on any atom is 0.165 e. The van der Waals surface area contributed by atoms with Crippen molar-refractivity contribution in [3.63, 3.8) is 0 Å². The summed E-state index contributed by atoms with van der Waals surface area (Å²) in [4.78, 5) is 5.58. The highest BCUT2D eigenvalue weighted by molar-refractivity contribution is 5.47. The Bertz CT molecular complexity index is 1030. The second-order valence-corrected chi connectivity index (χ2v) is 11.4. The molecule has 2 aromatic rings.